The highest BCUT2D eigenvalue weighted by Gasteiger charge is 2.66. The summed E-state index contributed by atoms with van der Waals surface area (Å²) >= 11 is 0. The number of carbonyl (C=O) groups is 7. The number of aliphatic hydroxyl groups is 2. The molecule has 1 aromatic carbocycles. The molecule has 2 saturated heterocycles. The molecule has 492 valence electrons. The SMILES string of the molecule is CC1=C2N=C(C=C3NC(=C(C)C4=N[C@@](C)([C@@H]5N=C1[C@](C)(CCC(=O)NC[C@@H](C)OP(=O)(O)O[C@H]1[C@@H](O)[C@@H](n6cnc7cc(C)c(C)cc76)O[C@@H]1CO)[C@H]5CC(N)=O)[C@@](C)(CC(N)=O)[C@@H]4CCC(N)=O)[C@@](C)(CC(=O)O)[C@@H]3CCC(N)=O)C(C)(C)[C@@H]2CCC(N)=O. The van der Waals surface area contributed by atoms with Crippen molar-refractivity contribution in [3.8, 4) is 0 Å². The number of imidazole rings is 1. The number of phosphoric ester groups is 1. The van der Waals surface area contributed by atoms with Crippen molar-refractivity contribution in [3.63, 3.8) is 0 Å². The molecule has 27 nitrogen and oxygen atoms in total. The van der Waals surface area contributed by atoms with Gasteiger partial charge in [-0.15, -0.1) is 0 Å². The van der Waals surface area contributed by atoms with E-state index in [9.17, 15) is 58.3 Å². The predicted octanol–water partition coefficient (Wildman–Crippen LogP) is 3.76. The number of aliphatic carboxylic acids is 1. The molecular weight excluding hydrogens is 1180 g/mol. The van der Waals surface area contributed by atoms with Crippen LogP contribution < -0.4 is 39.3 Å². The number of nitrogens with one attached hydrogen (secondary N) is 2. The van der Waals surface area contributed by atoms with E-state index in [1.54, 1.807) is 25.3 Å². The lowest BCUT2D eigenvalue weighted by atomic mass is 9.55. The molecule has 0 saturated carbocycles. The summed E-state index contributed by atoms with van der Waals surface area (Å²) < 4.78 is 32.2. The lowest BCUT2D eigenvalue weighted by Gasteiger charge is -2.48. The molecule has 0 spiro atoms. The van der Waals surface area contributed by atoms with Gasteiger partial charge in [0, 0.05) is 125 Å². The Morgan fingerprint density at radius 1 is 0.822 bits per heavy atom. The first-order valence-electron chi connectivity index (χ1n) is 30.5. The molecule has 0 radical (unpaired) electrons. The van der Waals surface area contributed by atoms with Gasteiger partial charge < -0.3 is 68.8 Å². The lowest BCUT2D eigenvalue weighted by molar-refractivity contribution is -0.139. The molecule has 2 fully saturated rings. The molecule has 90 heavy (non-hydrogen) atoms. The molecule has 8 rings (SSSR count). The molecule has 7 heterocycles. The Balaban J connectivity index is 1.19. The summed E-state index contributed by atoms with van der Waals surface area (Å²) in [6.07, 6.45) is -4.77. The van der Waals surface area contributed by atoms with E-state index in [-0.39, 0.29) is 70.8 Å². The zero-order valence-corrected chi connectivity index (χ0v) is 54.0. The first-order valence-corrected chi connectivity index (χ1v) is 32.0. The molecule has 1 unspecified atom stereocenters. The molecule has 15 atom stereocenters. The molecule has 28 heteroatoms. The van der Waals surface area contributed by atoms with Gasteiger partial charge in [0.25, 0.3) is 0 Å². The number of rotatable bonds is 26. The lowest BCUT2D eigenvalue weighted by Crippen LogP contribution is -2.56. The number of fused-ring (bicyclic) bond motifs is 7. The number of ether oxygens (including phenoxy) is 1. The van der Waals surface area contributed by atoms with E-state index in [1.165, 1.54) is 13.3 Å². The minimum absolute atomic E-state index is 0.0232. The fraction of sp³-hybridized carbons (Fsp3) is 0.629. The van der Waals surface area contributed by atoms with Crippen LogP contribution in [0.3, 0.4) is 0 Å². The Morgan fingerprint density at radius 3 is 2.02 bits per heavy atom. The third-order valence-electron chi connectivity index (χ3n) is 20.6. The van der Waals surface area contributed by atoms with Crippen LogP contribution in [0.2, 0.25) is 0 Å². The number of aliphatic hydroxyl groups excluding tert-OH is 2. The fourth-order valence-corrected chi connectivity index (χ4v) is 16.5. The molecule has 8 bridgehead atoms. The summed E-state index contributed by atoms with van der Waals surface area (Å²) in [5.41, 5.74) is 30.6. The van der Waals surface area contributed by atoms with Crippen molar-refractivity contribution in [1.82, 2.24) is 20.2 Å². The summed E-state index contributed by atoms with van der Waals surface area (Å²) in [5, 5.41) is 38.9. The third-order valence-corrected chi connectivity index (χ3v) is 21.7. The second kappa shape index (κ2) is 25.6. The van der Waals surface area contributed by atoms with Crippen LogP contribution in [0.4, 0.5) is 0 Å². The summed E-state index contributed by atoms with van der Waals surface area (Å²) in [7, 11) is -5.07. The topological polar surface area (TPSA) is 454 Å². The van der Waals surface area contributed by atoms with Gasteiger partial charge in [-0.3, -0.25) is 57.6 Å². The quantitative estimate of drug-likeness (QED) is 0.0597. The van der Waals surface area contributed by atoms with E-state index < -0.39 is 150 Å². The van der Waals surface area contributed by atoms with Crippen LogP contribution >= 0.6 is 7.82 Å². The number of allylic oxidation sites excluding steroid dienone is 6. The molecule has 1 aromatic heterocycles. The Bertz CT molecular complexity index is 3540. The van der Waals surface area contributed by atoms with E-state index in [0.29, 0.717) is 56.4 Å². The van der Waals surface area contributed by atoms with Gasteiger partial charge in [-0.05, 0) is 108 Å². The third kappa shape index (κ3) is 13.0. The van der Waals surface area contributed by atoms with Crippen molar-refractivity contribution >= 4 is 77.4 Å². The smallest absolute Gasteiger partial charge is 0.472 e. The van der Waals surface area contributed by atoms with Gasteiger partial charge >= 0.3 is 13.8 Å². The normalized spacial score (nSPS) is 32.0. The van der Waals surface area contributed by atoms with Crippen molar-refractivity contribution in [3.05, 3.63) is 63.9 Å². The van der Waals surface area contributed by atoms with Crippen LogP contribution in [0.5, 0.6) is 0 Å². The number of hydrogen-bond donors (Lipinski definition) is 11. The summed E-state index contributed by atoms with van der Waals surface area (Å²) in [4.78, 5) is 125. The largest absolute Gasteiger partial charge is 0.481 e. The van der Waals surface area contributed by atoms with Gasteiger partial charge in [0.1, 0.15) is 18.3 Å². The van der Waals surface area contributed by atoms with E-state index >= 15 is 0 Å². The highest BCUT2D eigenvalue weighted by molar-refractivity contribution is 7.47. The van der Waals surface area contributed by atoms with Gasteiger partial charge in [-0.2, -0.15) is 0 Å². The van der Waals surface area contributed by atoms with Crippen LogP contribution in [0.15, 0.2) is 67.8 Å². The van der Waals surface area contributed by atoms with Crippen molar-refractivity contribution < 1.29 is 72.1 Å². The number of carboxylic acids is 1. The number of benzene rings is 1. The number of phosphoric acid groups is 1. The Kier molecular flexibility index (Phi) is 19.6. The maximum Gasteiger partial charge on any atom is 0.472 e. The number of aliphatic imine (C=N–C) groups is 3. The van der Waals surface area contributed by atoms with Crippen molar-refractivity contribution in [1.29, 1.82) is 0 Å². The van der Waals surface area contributed by atoms with Gasteiger partial charge in [0.15, 0.2) is 6.23 Å². The Morgan fingerprint density at radius 2 is 1.43 bits per heavy atom. The zero-order valence-electron chi connectivity index (χ0n) is 53.1. The number of aromatic nitrogens is 2. The van der Waals surface area contributed by atoms with Gasteiger partial charge in [0.2, 0.25) is 35.4 Å². The summed E-state index contributed by atoms with van der Waals surface area (Å²) in [6.45, 7) is 19.0. The van der Waals surface area contributed by atoms with Gasteiger partial charge in [0.05, 0.1) is 48.1 Å². The molecule has 6 amide bonds. The van der Waals surface area contributed by atoms with Crippen LogP contribution in [0, 0.1) is 59.2 Å². The van der Waals surface area contributed by atoms with Crippen molar-refractivity contribution in [2.45, 2.75) is 189 Å². The highest BCUT2D eigenvalue weighted by atomic mass is 31.2. The number of amides is 6. The zero-order chi connectivity index (χ0) is 66.7. The highest BCUT2D eigenvalue weighted by Crippen LogP contribution is 2.63. The monoisotopic (exact) mass is 1270 g/mol. The second-order valence-corrected chi connectivity index (χ2v) is 28.4. The number of nitrogens with zero attached hydrogens (tertiary/aromatic N) is 5. The number of carboxylic acid groups (broad SMARTS) is 1. The number of nitrogens with two attached hydrogens (primary N) is 5. The standard InChI is InChI=1S/C62H89N12O15P/c1-29-20-39-40(21-30(29)2)74(28-69-39)57-52(84)53(41(27-75)87-57)89-90(85,86)88-31(3)26-68-48(81)18-19-59(8)37(22-46(66)79)56-62(11)61(10,24-47(67)80)36(14-17-45(65)78)51(73-62)33(5)55-60(9,25-49(82)83)34(12-15-43(63)76)38(70-55)23-42-58(6,7)35(13-16-44(64)77)50(71-42)32(4)54(59)72-56/h20-21,23,28,31,34-37,41,52-53,56-57,70,75,84H,12-19,22,24-27H2,1-11H3,(H2,63,76)(H2,64,77)(H2,65,78)(H2,66,79)(H2,67,80)(H,68,81)(H,82,83)(H,85,86)/t31-,34-,35-,36-,37+,41-,52-,53-,56-,57+,59-,60+,61+,62+/m1/s1. The van der Waals surface area contributed by atoms with Crippen LogP contribution in [-0.2, 0) is 51.9 Å². The molecule has 16 N–H and O–H groups in total. The fourth-order valence-electron chi connectivity index (χ4n) is 15.4. The number of hydrogen-bond acceptors (Lipinski definition) is 18. The first-order chi connectivity index (χ1) is 41.8. The first kappa shape index (κ1) is 68.9. The van der Waals surface area contributed by atoms with Crippen LogP contribution in [0.1, 0.15) is 150 Å². The summed E-state index contributed by atoms with van der Waals surface area (Å²) in [5.74, 6) is -7.92. The Hall–Kier alpha value is -7.00. The number of carbonyl (C=O) groups excluding carboxylic acids is 6. The van der Waals surface area contributed by atoms with E-state index in [4.69, 9.17) is 57.4 Å². The number of primary amides is 5. The van der Waals surface area contributed by atoms with E-state index in [2.05, 4.69) is 15.6 Å². The Labute approximate surface area is 522 Å². The average molecular weight is 1270 g/mol. The second-order valence-electron chi connectivity index (χ2n) is 27.0. The van der Waals surface area contributed by atoms with Gasteiger partial charge in [-0.1, -0.05) is 34.6 Å². The minimum Gasteiger partial charge on any atom is -0.481 e. The summed E-state index contributed by atoms with van der Waals surface area (Å²) in [6, 6.07) is 2.67. The van der Waals surface area contributed by atoms with E-state index in [0.717, 1.165) is 11.1 Å². The number of aryl methyl sites for hydroxylation is 2. The maximum atomic E-state index is 14.4. The minimum atomic E-state index is -5.07. The van der Waals surface area contributed by atoms with Crippen LogP contribution in [-0.4, -0.2) is 137 Å². The maximum absolute atomic E-state index is 14.4. The van der Waals surface area contributed by atoms with Crippen molar-refractivity contribution in [2.75, 3.05) is 13.2 Å². The average Bonchev–Trinajstić information content (AvgIpc) is 1.53. The molecule has 2 aromatic rings. The van der Waals surface area contributed by atoms with Crippen molar-refractivity contribution in [2.24, 2.45) is 89.0 Å². The molecule has 6 aliphatic rings. The van der Waals surface area contributed by atoms with E-state index in [1.807, 2.05) is 66.7 Å². The molecule has 0 aliphatic carbocycles. The molecular formula is C62H89N12O15P. The van der Waals surface area contributed by atoms with Crippen LogP contribution in [0.25, 0.3) is 11.0 Å². The predicted molar refractivity (Wildman–Crippen MR) is 332 cm³/mol. The molecule has 6 aliphatic heterocycles. The van der Waals surface area contributed by atoms with Gasteiger partial charge in [-0.25, -0.2) is 9.55 Å².